The van der Waals surface area contributed by atoms with Crippen LogP contribution in [-0.2, 0) is 6.42 Å². The predicted molar refractivity (Wildman–Crippen MR) is 66.9 cm³/mol. The number of hydrogen-bond acceptors (Lipinski definition) is 3. The number of nitrogens with zero attached hydrogens (tertiary/aromatic N) is 2. The molecule has 0 saturated carbocycles. The number of aliphatic hydroxyl groups excluding tert-OH is 1. The van der Waals surface area contributed by atoms with Crippen molar-refractivity contribution in [3.8, 4) is 0 Å². The fourth-order valence-electron chi connectivity index (χ4n) is 1.63. The molecule has 0 fully saturated rings. The first-order chi connectivity index (χ1) is 8.16. The first-order valence-electron chi connectivity index (χ1n) is 5.37. The maximum atomic E-state index is 10.1. The van der Waals surface area contributed by atoms with Crippen LogP contribution in [0.3, 0.4) is 0 Å². The summed E-state index contributed by atoms with van der Waals surface area (Å²) in [7, 11) is 0. The van der Waals surface area contributed by atoms with E-state index in [2.05, 4.69) is 9.97 Å². The van der Waals surface area contributed by atoms with E-state index in [0.717, 1.165) is 11.3 Å². The Morgan fingerprint density at radius 1 is 1.35 bits per heavy atom. The molecule has 0 amide bonds. The molecule has 2 rings (SSSR count). The predicted octanol–water partition coefficient (Wildman–Crippen LogP) is 2.71. The maximum Gasteiger partial charge on any atom is 0.100 e. The van der Waals surface area contributed by atoms with Crippen LogP contribution in [0.4, 0.5) is 0 Å². The second kappa shape index (κ2) is 5.25. The molecule has 2 aromatic rings. The Balaban J connectivity index is 2.17. The van der Waals surface area contributed by atoms with Crippen molar-refractivity contribution in [1.82, 2.24) is 9.97 Å². The van der Waals surface area contributed by atoms with Crippen LogP contribution in [0.15, 0.2) is 36.7 Å². The lowest BCUT2D eigenvalue weighted by atomic mass is 10.1. The average molecular weight is 249 g/mol. The minimum atomic E-state index is -0.644. The molecule has 0 aliphatic heterocycles. The summed E-state index contributed by atoms with van der Waals surface area (Å²) >= 11 is 5.99. The smallest absolute Gasteiger partial charge is 0.100 e. The van der Waals surface area contributed by atoms with E-state index >= 15 is 0 Å². The highest BCUT2D eigenvalue weighted by molar-refractivity contribution is 6.31. The van der Waals surface area contributed by atoms with Crippen molar-refractivity contribution in [1.29, 1.82) is 0 Å². The molecule has 4 heteroatoms. The van der Waals surface area contributed by atoms with Crippen LogP contribution in [0.1, 0.15) is 23.1 Å². The van der Waals surface area contributed by atoms with Gasteiger partial charge in [0.25, 0.3) is 0 Å². The molecule has 0 radical (unpaired) electrons. The van der Waals surface area contributed by atoms with Crippen LogP contribution >= 0.6 is 11.6 Å². The summed E-state index contributed by atoms with van der Waals surface area (Å²) in [5.41, 5.74) is 2.43. The van der Waals surface area contributed by atoms with Crippen molar-refractivity contribution in [3.63, 3.8) is 0 Å². The summed E-state index contributed by atoms with van der Waals surface area (Å²) in [6.45, 7) is 1.90. The second-order valence-electron chi connectivity index (χ2n) is 3.89. The van der Waals surface area contributed by atoms with E-state index in [1.807, 2.05) is 25.1 Å². The van der Waals surface area contributed by atoms with Crippen molar-refractivity contribution in [3.05, 3.63) is 58.6 Å². The zero-order valence-corrected chi connectivity index (χ0v) is 10.2. The van der Waals surface area contributed by atoms with E-state index in [1.165, 1.54) is 0 Å². The van der Waals surface area contributed by atoms with Crippen LogP contribution in [-0.4, -0.2) is 15.1 Å². The molecule has 17 heavy (non-hydrogen) atoms. The van der Waals surface area contributed by atoms with E-state index in [0.29, 0.717) is 17.1 Å². The third-order valence-corrected chi connectivity index (χ3v) is 2.86. The van der Waals surface area contributed by atoms with E-state index in [1.54, 1.807) is 18.5 Å². The van der Waals surface area contributed by atoms with Gasteiger partial charge in [0.05, 0.1) is 10.7 Å². The Morgan fingerprint density at radius 2 is 2.18 bits per heavy atom. The van der Waals surface area contributed by atoms with Crippen LogP contribution < -0.4 is 0 Å². The van der Waals surface area contributed by atoms with Gasteiger partial charge in [0.1, 0.15) is 6.10 Å². The van der Waals surface area contributed by atoms with Crippen molar-refractivity contribution in [2.75, 3.05) is 0 Å². The van der Waals surface area contributed by atoms with E-state index in [4.69, 9.17) is 11.6 Å². The molecule has 88 valence electrons. The number of aromatic nitrogens is 2. The van der Waals surface area contributed by atoms with Gasteiger partial charge in [0.2, 0.25) is 0 Å². The standard InChI is InChI=1S/C13H13ClN2O/c1-9-3-2-4-12(16-9)13(17)7-10-5-6-15-8-11(10)14/h2-6,8,13,17H,7H2,1H3. The van der Waals surface area contributed by atoms with Crippen LogP contribution in [0.2, 0.25) is 5.02 Å². The molecule has 0 aliphatic carbocycles. The topological polar surface area (TPSA) is 46.0 Å². The third kappa shape index (κ3) is 3.02. The Hall–Kier alpha value is -1.45. The number of pyridine rings is 2. The highest BCUT2D eigenvalue weighted by Crippen LogP contribution is 2.21. The van der Waals surface area contributed by atoms with Gasteiger partial charge >= 0.3 is 0 Å². The van der Waals surface area contributed by atoms with Crippen LogP contribution in [0.25, 0.3) is 0 Å². The molecular formula is C13H13ClN2O. The SMILES string of the molecule is Cc1cccc(C(O)Cc2ccncc2Cl)n1. The quantitative estimate of drug-likeness (QED) is 0.909. The van der Waals surface area contributed by atoms with Crippen LogP contribution in [0, 0.1) is 6.92 Å². The summed E-state index contributed by atoms with van der Waals surface area (Å²) in [6.07, 6.45) is 3.04. The van der Waals surface area contributed by atoms with E-state index < -0.39 is 6.10 Å². The van der Waals surface area contributed by atoms with Gasteiger partial charge in [0.15, 0.2) is 0 Å². The number of aryl methyl sites for hydroxylation is 1. The molecule has 2 heterocycles. The molecule has 2 aromatic heterocycles. The fourth-order valence-corrected chi connectivity index (χ4v) is 1.83. The van der Waals surface area contributed by atoms with Gasteiger partial charge in [-0.25, -0.2) is 0 Å². The zero-order valence-electron chi connectivity index (χ0n) is 9.47. The highest BCUT2D eigenvalue weighted by Gasteiger charge is 2.12. The molecule has 1 atom stereocenters. The zero-order chi connectivity index (χ0) is 12.3. The summed E-state index contributed by atoms with van der Waals surface area (Å²) in [6, 6.07) is 7.40. The molecule has 1 N–H and O–H groups in total. The van der Waals surface area contributed by atoms with E-state index in [-0.39, 0.29) is 0 Å². The van der Waals surface area contributed by atoms with Crippen molar-refractivity contribution < 1.29 is 5.11 Å². The van der Waals surface area contributed by atoms with Crippen molar-refractivity contribution in [2.45, 2.75) is 19.4 Å². The summed E-state index contributed by atoms with van der Waals surface area (Å²) in [5, 5.41) is 10.6. The molecule has 1 unspecified atom stereocenters. The maximum absolute atomic E-state index is 10.1. The fraction of sp³-hybridized carbons (Fsp3) is 0.231. The monoisotopic (exact) mass is 248 g/mol. The van der Waals surface area contributed by atoms with Crippen molar-refractivity contribution in [2.24, 2.45) is 0 Å². The van der Waals surface area contributed by atoms with Crippen LogP contribution in [0.5, 0.6) is 0 Å². The first kappa shape index (κ1) is 12.0. The molecule has 0 spiro atoms. The second-order valence-corrected chi connectivity index (χ2v) is 4.30. The molecular weight excluding hydrogens is 236 g/mol. The molecule has 0 aromatic carbocycles. The number of hydrogen-bond donors (Lipinski definition) is 1. The number of rotatable bonds is 3. The molecule has 3 nitrogen and oxygen atoms in total. The van der Waals surface area contributed by atoms with Gasteiger partial charge in [0, 0.05) is 24.5 Å². The molecule has 0 aliphatic rings. The molecule has 0 saturated heterocycles. The summed E-state index contributed by atoms with van der Waals surface area (Å²) < 4.78 is 0. The van der Waals surface area contributed by atoms with Gasteiger partial charge in [-0.15, -0.1) is 0 Å². The molecule has 0 bridgehead atoms. The van der Waals surface area contributed by atoms with Crippen molar-refractivity contribution >= 4 is 11.6 Å². The lowest BCUT2D eigenvalue weighted by Crippen LogP contribution is -2.05. The lowest BCUT2D eigenvalue weighted by Gasteiger charge is -2.11. The van der Waals surface area contributed by atoms with Gasteiger partial charge in [-0.2, -0.15) is 0 Å². The Morgan fingerprint density at radius 3 is 2.88 bits per heavy atom. The van der Waals surface area contributed by atoms with Gasteiger partial charge in [-0.05, 0) is 30.7 Å². The van der Waals surface area contributed by atoms with Gasteiger partial charge < -0.3 is 5.11 Å². The first-order valence-corrected chi connectivity index (χ1v) is 5.74. The Kier molecular flexibility index (Phi) is 3.71. The third-order valence-electron chi connectivity index (χ3n) is 2.52. The van der Waals surface area contributed by atoms with Gasteiger partial charge in [-0.1, -0.05) is 17.7 Å². The minimum absolute atomic E-state index is 0.442. The largest absolute Gasteiger partial charge is 0.386 e. The minimum Gasteiger partial charge on any atom is -0.386 e. The normalized spacial score (nSPS) is 12.4. The number of aliphatic hydroxyl groups is 1. The highest BCUT2D eigenvalue weighted by atomic mass is 35.5. The number of halogens is 1. The Bertz CT molecular complexity index is 516. The summed E-state index contributed by atoms with van der Waals surface area (Å²) in [5.74, 6) is 0. The van der Waals surface area contributed by atoms with Gasteiger partial charge in [-0.3, -0.25) is 9.97 Å². The average Bonchev–Trinajstić information content (AvgIpc) is 2.32. The lowest BCUT2D eigenvalue weighted by molar-refractivity contribution is 0.173. The Labute approximate surface area is 105 Å². The summed E-state index contributed by atoms with van der Waals surface area (Å²) in [4.78, 5) is 8.20. The van der Waals surface area contributed by atoms with E-state index in [9.17, 15) is 5.11 Å².